The van der Waals surface area contributed by atoms with Crippen LogP contribution in [0.1, 0.15) is 60.2 Å². The number of fused-ring (bicyclic) bond motifs is 1. The second-order valence-electron chi connectivity index (χ2n) is 7.79. The topological polar surface area (TPSA) is 78.4 Å². The van der Waals surface area contributed by atoms with Crippen molar-refractivity contribution >= 4 is 33.3 Å². The van der Waals surface area contributed by atoms with E-state index in [1.165, 1.54) is 42.6 Å². The average Bonchev–Trinajstić information content (AvgIpc) is 3.06. The molecule has 3 heterocycles. The molecule has 0 radical (unpaired) electrons. The summed E-state index contributed by atoms with van der Waals surface area (Å²) in [6.07, 6.45) is 11.2. The molecule has 4 rings (SSSR count). The van der Waals surface area contributed by atoms with Gasteiger partial charge in [-0.05, 0) is 57.4 Å². The SMILES string of the molecule is Cc1c(C(=O)N2CCC[C@@H](O)C2)sc2ncnc(NCCC3=CCCCC3)c12. The smallest absolute Gasteiger partial charge is 0.264 e. The number of hydrogen-bond acceptors (Lipinski definition) is 6. The molecule has 2 aliphatic rings. The third kappa shape index (κ3) is 4.05. The summed E-state index contributed by atoms with van der Waals surface area (Å²) in [5.41, 5.74) is 2.47. The third-order valence-corrected chi connectivity index (χ3v) is 6.92. The van der Waals surface area contributed by atoms with Gasteiger partial charge < -0.3 is 15.3 Å². The molecule has 6 nitrogen and oxygen atoms in total. The number of aryl methyl sites for hydroxylation is 1. The van der Waals surface area contributed by atoms with Crippen molar-refractivity contribution in [1.82, 2.24) is 14.9 Å². The highest BCUT2D eigenvalue weighted by Crippen LogP contribution is 2.34. The summed E-state index contributed by atoms with van der Waals surface area (Å²) in [5.74, 6) is 0.811. The molecule has 1 aliphatic carbocycles. The Morgan fingerprint density at radius 3 is 3.04 bits per heavy atom. The number of carbonyl (C=O) groups excluding carboxylic acids is 1. The molecular weight excluding hydrogens is 372 g/mol. The molecule has 1 fully saturated rings. The Bertz CT molecular complexity index is 892. The van der Waals surface area contributed by atoms with Crippen LogP contribution in [0.4, 0.5) is 5.82 Å². The van der Waals surface area contributed by atoms with Crippen molar-refractivity contribution in [2.45, 2.75) is 58.0 Å². The molecule has 150 valence electrons. The fourth-order valence-electron chi connectivity index (χ4n) is 4.17. The normalized spacial score (nSPS) is 20.3. The molecule has 0 aromatic carbocycles. The van der Waals surface area contributed by atoms with Crippen LogP contribution in [0.25, 0.3) is 10.2 Å². The number of aliphatic hydroxyl groups excluding tert-OH is 1. The van der Waals surface area contributed by atoms with E-state index in [4.69, 9.17) is 0 Å². The molecule has 2 aromatic heterocycles. The van der Waals surface area contributed by atoms with Crippen molar-refractivity contribution in [3.8, 4) is 0 Å². The number of anilines is 1. The maximum atomic E-state index is 13.0. The fourth-order valence-corrected chi connectivity index (χ4v) is 5.28. The Balaban J connectivity index is 1.52. The zero-order chi connectivity index (χ0) is 19.5. The van der Waals surface area contributed by atoms with Crippen LogP contribution >= 0.6 is 11.3 Å². The largest absolute Gasteiger partial charge is 0.391 e. The predicted molar refractivity (Wildman–Crippen MR) is 113 cm³/mol. The number of piperidine rings is 1. The van der Waals surface area contributed by atoms with Gasteiger partial charge in [0.25, 0.3) is 5.91 Å². The molecule has 0 bridgehead atoms. The maximum absolute atomic E-state index is 13.0. The first-order valence-electron chi connectivity index (χ1n) is 10.3. The minimum absolute atomic E-state index is 0.00226. The maximum Gasteiger partial charge on any atom is 0.264 e. The van der Waals surface area contributed by atoms with Gasteiger partial charge in [0.15, 0.2) is 0 Å². The highest BCUT2D eigenvalue weighted by molar-refractivity contribution is 7.20. The van der Waals surface area contributed by atoms with E-state index in [0.29, 0.717) is 18.0 Å². The van der Waals surface area contributed by atoms with Crippen molar-refractivity contribution in [2.24, 2.45) is 0 Å². The molecule has 0 unspecified atom stereocenters. The van der Waals surface area contributed by atoms with E-state index >= 15 is 0 Å². The second-order valence-corrected chi connectivity index (χ2v) is 8.79. The monoisotopic (exact) mass is 400 g/mol. The first-order chi connectivity index (χ1) is 13.6. The van der Waals surface area contributed by atoms with Gasteiger partial charge in [0.1, 0.15) is 17.0 Å². The van der Waals surface area contributed by atoms with Crippen LogP contribution in [0, 0.1) is 6.92 Å². The molecule has 1 atom stereocenters. The lowest BCUT2D eigenvalue weighted by Crippen LogP contribution is -2.42. The van der Waals surface area contributed by atoms with Crippen LogP contribution in [-0.2, 0) is 0 Å². The summed E-state index contributed by atoms with van der Waals surface area (Å²) in [6, 6.07) is 0. The lowest BCUT2D eigenvalue weighted by molar-refractivity contribution is 0.0477. The van der Waals surface area contributed by atoms with Crippen molar-refractivity contribution in [1.29, 1.82) is 0 Å². The minimum Gasteiger partial charge on any atom is -0.391 e. The van der Waals surface area contributed by atoms with Gasteiger partial charge in [-0.15, -0.1) is 11.3 Å². The van der Waals surface area contributed by atoms with Gasteiger partial charge in [-0.3, -0.25) is 4.79 Å². The first kappa shape index (κ1) is 19.3. The number of amides is 1. The molecule has 7 heteroatoms. The van der Waals surface area contributed by atoms with E-state index < -0.39 is 6.10 Å². The fraction of sp³-hybridized carbons (Fsp3) is 0.571. The van der Waals surface area contributed by atoms with E-state index in [1.807, 2.05) is 6.92 Å². The van der Waals surface area contributed by atoms with Gasteiger partial charge >= 0.3 is 0 Å². The first-order valence-corrected chi connectivity index (χ1v) is 11.1. The molecule has 2 aromatic rings. The van der Waals surface area contributed by atoms with Crippen LogP contribution in [0.3, 0.4) is 0 Å². The highest BCUT2D eigenvalue weighted by atomic mass is 32.1. The Labute approximate surface area is 169 Å². The number of aromatic nitrogens is 2. The summed E-state index contributed by atoms with van der Waals surface area (Å²) < 4.78 is 0. The van der Waals surface area contributed by atoms with E-state index in [9.17, 15) is 9.90 Å². The number of nitrogens with zero attached hydrogens (tertiary/aromatic N) is 3. The lowest BCUT2D eigenvalue weighted by Gasteiger charge is -2.29. The molecule has 1 amide bonds. The van der Waals surface area contributed by atoms with Gasteiger partial charge in [0, 0.05) is 19.6 Å². The minimum atomic E-state index is -0.418. The number of β-amino-alcohol motifs (C(OH)–C–C–N with tert-alkyl or cyclic N) is 1. The van der Waals surface area contributed by atoms with Crippen molar-refractivity contribution in [3.05, 3.63) is 28.4 Å². The van der Waals surface area contributed by atoms with E-state index in [-0.39, 0.29) is 5.91 Å². The van der Waals surface area contributed by atoms with Gasteiger partial charge in [-0.2, -0.15) is 0 Å². The summed E-state index contributed by atoms with van der Waals surface area (Å²) in [6.45, 7) is 3.94. The number of thiophene rings is 1. The number of aliphatic hydroxyl groups is 1. The summed E-state index contributed by atoms with van der Waals surface area (Å²) in [7, 11) is 0. The number of carbonyl (C=O) groups is 1. The zero-order valence-corrected chi connectivity index (χ0v) is 17.2. The quantitative estimate of drug-likeness (QED) is 0.744. The van der Waals surface area contributed by atoms with E-state index in [1.54, 1.807) is 11.2 Å². The van der Waals surface area contributed by atoms with E-state index in [0.717, 1.165) is 47.4 Å². The molecule has 28 heavy (non-hydrogen) atoms. The average molecular weight is 401 g/mol. The van der Waals surface area contributed by atoms with Crippen LogP contribution in [-0.4, -0.2) is 51.6 Å². The number of hydrogen-bond donors (Lipinski definition) is 2. The molecular formula is C21H28N4O2S. The van der Waals surface area contributed by atoms with Gasteiger partial charge in [-0.1, -0.05) is 11.6 Å². The van der Waals surface area contributed by atoms with E-state index in [2.05, 4.69) is 21.4 Å². The van der Waals surface area contributed by atoms with Gasteiger partial charge in [0.05, 0.1) is 16.4 Å². The van der Waals surface area contributed by atoms with Gasteiger partial charge in [0.2, 0.25) is 0 Å². The number of rotatable bonds is 5. The second kappa shape index (κ2) is 8.57. The zero-order valence-electron chi connectivity index (χ0n) is 16.4. The van der Waals surface area contributed by atoms with Crippen molar-refractivity contribution in [2.75, 3.05) is 25.0 Å². The summed E-state index contributed by atoms with van der Waals surface area (Å²) >= 11 is 1.43. The highest BCUT2D eigenvalue weighted by Gasteiger charge is 2.27. The van der Waals surface area contributed by atoms with Crippen molar-refractivity contribution in [3.63, 3.8) is 0 Å². The number of nitrogens with one attached hydrogen (secondary N) is 1. The lowest BCUT2D eigenvalue weighted by atomic mass is 9.97. The van der Waals surface area contributed by atoms with Crippen LogP contribution < -0.4 is 5.32 Å². The summed E-state index contributed by atoms with van der Waals surface area (Å²) in [5, 5.41) is 14.3. The third-order valence-electron chi connectivity index (χ3n) is 5.73. The molecule has 2 N–H and O–H groups in total. The molecule has 0 saturated carbocycles. The van der Waals surface area contributed by atoms with Crippen molar-refractivity contribution < 1.29 is 9.90 Å². The Kier molecular flexibility index (Phi) is 5.92. The molecule has 0 spiro atoms. The predicted octanol–water partition coefficient (Wildman–Crippen LogP) is 3.90. The Morgan fingerprint density at radius 2 is 2.25 bits per heavy atom. The standard InChI is InChI=1S/C21H28N4O2S/c1-14-17-19(22-10-9-15-6-3-2-4-7-15)23-13-24-20(17)28-18(14)21(27)25-11-5-8-16(26)12-25/h6,13,16,26H,2-5,7-12H2,1H3,(H,22,23,24)/t16-/m1/s1. The molecule has 1 aliphatic heterocycles. The van der Waals surface area contributed by atoms with Gasteiger partial charge in [-0.25, -0.2) is 9.97 Å². The summed E-state index contributed by atoms with van der Waals surface area (Å²) in [4.78, 5) is 25.2. The van der Waals surface area contributed by atoms with Crippen LogP contribution in [0.5, 0.6) is 0 Å². The number of likely N-dealkylation sites (tertiary alicyclic amines) is 1. The molecule has 1 saturated heterocycles. The Morgan fingerprint density at radius 1 is 1.36 bits per heavy atom. The Hall–Kier alpha value is -1.99. The van der Waals surface area contributed by atoms with Crippen LogP contribution in [0.2, 0.25) is 0 Å². The van der Waals surface area contributed by atoms with Crippen LogP contribution in [0.15, 0.2) is 18.0 Å². The number of allylic oxidation sites excluding steroid dienone is 1.